The van der Waals surface area contributed by atoms with Crippen LogP contribution in [0.2, 0.25) is 20.1 Å². The maximum absolute atomic E-state index is 12.9. The maximum Gasteiger partial charge on any atom is 0.255 e. The molecule has 0 bridgehead atoms. The molecule has 1 N–H and O–H groups in total. The van der Waals surface area contributed by atoms with Crippen molar-refractivity contribution in [2.24, 2.45) is 0 Å². The fourth-order valence-electron chi connectivity index (χ4n) is 2.93. The lowest BCUT2D eigenvalue weighted by molar-refractivity contribution is 0.102. The fraction of sp³-hybridized carbons (Fsp3) is 0.0476. The Kier molecular flexibility index (Phi) is 6.09. The quantitative estimate of drug-likeness (QED) is 0.312. The van der Waals surface area contributed by atoms with E-state index in [9.17, 15) is 4.79 Å². The fourth-order valence-corrected chi connectivity index (χ4v) is 5.10. The second-order valence-electron chi connectivity index (χ2n) is 6.22. The number of aromatic nitrogens is 1. The highest BCUT2D eigenvalue weighted by Crippen LogP contribution is 2.41. The number of ether oxygens (including phenoxy) is 1. The number of carbonyl (C=O) groups is 1. The third-order valence-corrected chi connectivity index (χ3v) is 6.43. The Morgan fingerprint density at radius 3 is 2.37 bits per heavy atom. The molecule has 0 saturated carbocycles. The number of para-hydroxylation sites is 1. The van der Waals surface area contributed by atoms with Gasteiger partial charge in [0.25, 0.3) is 5.91 Å². The molecule has 0 atom stereocenters. The number of nitrogens with one attached hydrogen (secondary N) is 1. The van der Waals surface area contributed by atoms with Crippen LogP contribution >= 0.6 is 57.7 Å². The summed E-state index contributed by atoms with van der Waals surface area (Å²) in [6.45, 7) is 0. The number of carbonyl (C=O) groups excluding carboxylic acids is 1. The molecule has 4 aromatic rings. The Bertz CT molecular complexity index is 1230. The van der Waals surface area contributed by atoms with Gasteiger partial charge in [0.1, 0.15) is 5.01 Å². The van der Waals surface area contributed by atoms with E-state index >= 15 is 0 Å². The highest BCUT2D eigenvalue weighted by molar-refractivity contribution is 7.21. The van der Waals surface area contributed by atoms with Crippen LogP contribution < -0.4 is 10.1 Å². The molecule has 1 heterocycles. The first-order valence-electron chi connectivity index (χ1n) is 8.56. The molecule has 0 fully saturated rings. The molecule has 0 aliphatic rings. The number of halogens is 4. The zero-order valence-corrected chi connectivity index (χ0v) is 19.1. The number of hydrogen-bond donors (Lipinski definition) is 1. The summed E-state index contributed by atoms with van der Waals surface area (Å²) in [7, 11) is 1.45. The van der Waals surface area contributed by atoms with Crippen molar-refractivity contribution in [2.75, 3.05) is 12.4 Å². The Morgan fingerprint density at radius 1 is 1.00 bits per heavy atom. The van der Waals surface area contributed by atoms with Crippen LogP contribution in [0.3, 0.4) is 0 Å². The number of benzene rings is 3. The molecular weight excluding hydrogens is 486 g/mol. The molecule has 0 spiro atoms. The molecule has 30 heavy (non-hydrogen) atoms. The number of methoxy groups -OCH3 is 1. The van der Waals surface area contributed by atoms with E-state index in [0.29, 0.717) is 27.0 Å². The van der Waals surface area contributed by atoms with Crippen molar-refractivity contribution >= 4 is 79.6 Å². The first kappa shape index (κ1) is 21.2. The molecule has 152 valence electrons. The van der Waals surface area contributed by atoms with E-state index in [1.54, 1.807) is 12.1 Å². The number of anilines is 1. The average Bonchev–Trinajstić information content (AvgIpc) is 3.13. The Morgan fingerprint density at radius 2 is 1.70 bits per heavy atom. The van der Waals surface area contributed by atoms with Gasteiger partial charge < -0.3 is 10.1 Å². The summed E-state index contributed by atoms with van der Waals surface area (Å²) < 4.78 is 6.14. The van der Waals surface area contributed by atoms with Crippen LogP contribution in [0.25, 0.3) is 20.8 Å². The van der Waals surface area contributed by atoms with Crippen LogP contribution in [0.4, 0.5) is 5.69 Å². The van der Waals surface area contributed by atoms with Gasteiger partial charge in [0.05, 0.1) is 38.1 Å². The lowest BCUT2D eigenvalue weighted by Gasteiger charge is -2.13. The number of thiazole rings is 1. The summed E-state index contributed by atoms with van der Waals surface area (Å²) in [5.41, 5.74) is 2.12. The first-order valence-corrected chi connectivity index (χ1v) is 10.9. The smallest absolute Gasteiger partial charge is 0.255 e. The lowest BCUT2D eigenvalue weighted by Crippen LogP contribution is -2.13. The molecule has 0 aliphatic carbocycles. The second-order valence-corrected chi connectivity index (χ2v) is 8.91. The maximum atomic E-state index is 12.9. The molecule has 9 heteroatoms. The van der Waals surface area contributed by atoms with Crippen LogP contribution in [-0.2, 0) is 0 Å². The van der Waals surface area contributed by atoms with Crippen LogP contribution in [-0.4, -0.2) is 18.0 Å². The molecule has 0 aliphatic heterocycles. The zero-order valence-electron chi connectivity index (χ0n) is 15.3. The van der Waals surface area contributed by atoms with Crippen LogP contribution in [0.1, 0.15) is 10.4 Å². The second kappa shape index (κ2) is 8.61. The zero-order chi connectivity index (χ0) is 21.4. The van der Waals surface area contributed by atoms with Crippen molar-refractivity contribution in [3.8, 4) is 16.3 Å². The molecule has 0 unspecified atom stereocenters. The number of nitrogens with zero attached hydrogens (tertiary/aromatic N) is 1. The van der Waals surface area contributed by atoms with E-state index < -0.39 is 5.91 Å². The van der Waals surface area contributed by atoms with E-state index in [4.69, 9.17) is 51.1 Å². The summed E-state index contributed by atoms with van der Waals surface area (Å²) in [6, 6.07) is 14.0. The molecule has 1 aromatic heterocycles. The van der Waals surface area contributed by atoms with Gasteiger partial charge in [-0.2, -0.15) is 0 Å². The molecule has 4 rings (SSSR count). The van der Waals surface area contributed by atoms with Gasteiger partial charge in [-0.3, -0.25) is 4.79 Å². The van der Waals surface area contributed by atoms with E-state index in [0.717, 1.165) is 10.2 Å². The van der Waals surface area contributed by atoms with Crippen LogP contribution in [0, 0.1) is 0 Å². The topological polar surface area (TPSA) is 51.2 Å². The minimum atomic E-state index is -0.437. The van der Waals surface area contributed by atoms with Crippen molar-refractivity contribution < 1.29 is 9.53 Å². The van der Waals surface area contributed by atoms with Crippen molar-refractivity contribution in [3.05, 3.63) is 74.2 Å². The minimum Gasteiger partial charge on any atom is -0.494 e. The SMILES string of the molecule is COc1c(Cl)cc(C(=O)Nc2c(Cl)cc(Cl)cc2-c2nc3ccccc3s2)cc1Cl. The summed E-state index contributed by atoms with van der Waals surface area (Å²) in [5, 5.41) is 4.69. The summed E-state index contributed by atoms with van der Waals surface area (Å²) in [4.78, 5) is 17.6. The van der Waals surface area contributed by atoms with Gasteiger partial charge >= 0.3 is 0 Å². The highest BCUT2D eigenvalue weighted by atomic mass is 35.5. The Balaban J connectivity index is 1.77. The molecule has 0 radical (unpaired) electrons. The van der Waals surface area contributed by atoms with E-state index in [2.05, 4.69) is 10.3 Å². The number of hydrogen-bond acceptors (Lipinski definition) is 4. The van der Waals surface area contributed by atoms with Gasteiger partial charge in [0, 0.05) is 16.1 Å². The highest BCUT2D eigenvalue weighted by Gasteiger charge is 2.19. The third-order valence-electron chi connectivity index (χ3n) is 4.28. The number of amides is 1. The van der Waals surface area contributed by atoms with Crippen LogP contribution in [0.15, 0.2) is 48.5 Å². The van der Waals surface area contributed by atoms with Crippen molar-refractivity contribution in [1.29, 1.82) is 0 Å². The predicted molar refractivity (Wildman–Crippen MR) is 126 cm³/mol. The van der Waals surface area contributed by atoms with Gasteiger partial charge in [-0.05, 0) is 36.4 Å². The van der Waals surface area contributed by atoms with Gasteiger partial charge in [-0.15, -0.1) is 11.3 Å². The third kappa shape index (κ3) is 4.09. The normalized spacial score (nSPS) is 11.0. The standard InChI is InChI=1S/C21H12Cl4N2O2S/c1-29-19-14(24)6-10(7-15(19)25)20(28)27-18-12(8-11(22)9-13(18)23)21-26-16-4-2-3-5-17(16)30-21/h2-9H,1H3,(H,27,28). The van der Waals surface area contributed by atoms with Crippen molar-refractivity contribution in [1.82, 2.24) is 4.98 Å². The Hall–Kier alpha value is -2.02. The monoisotopic (exact) mass is 496 g/mol. The van der Waals surface area contributed by atoms with E-state index in [-0.39, 0.29) is 20.6 Å². The largest absolute Gasteiger partial charge is 0.494 e. The van der Waals surface area contributed by atoms with Gasteiger partial charge in [0.2, 0.25) is 0 Å². The minimum absolute atomic E-state index is 0.226. The van der Waals surface area contributed by atoms with Crippen molar-refractivity contribution in [3.63, 3.8) is 0 Å². The molecule has 3 aromatic carbocycles. The summed E-state index contributed by atoms with van der Waals surface area (Å²) in [6.07, 6.45) is 0. The van der Waals surface area contributed by atoms with Gasteiger partial charge in [0.15, 0.2) is 5.75 Å². The molecule has 1 amide bonds. The lowest BCUT2D eigenvalue weighted by atomic mass is 10.1. The predicted octanol–water partition coefficient (Wildman–Crippen LogP) is 7.84. The van der Waals surface area contributed by atoms with E-state index in [1.807, 2.05) is 24.3 Å². The van der Waals surface area contributed by atoms with Gasteiger partial charge in [-0.1, -0.05) is 58.5 Å². The van der Waals surface area contributed by atoms with E-state index in [1.165, 1.54) is 30.6 Å². The molecule has 0 saturated heterocycles. The van der Waals surface area contributed by atoms with Crippen LogP contribution in [0.5, 0.6) is 5.75 Å². The van der Waals surface area contributed by atoms with Crippen molar-refractivity contribution in [2.45, 2.75) is 0 Å². The average molecular weight is 498 g/mol. The summed E-state index contributed by atoms with van der Waals surface area (Å²) in [5.74, 6) is -0.136. The molecule has 4 nitrogen and oxygen atoms in total. The number of rotatable bonds is 4. The first-order chi connectivity index (χ1) is 14.4. The molecular formula is C21H12Cl4N2O2S. The summed E-state index contributed by atoms with van der Waals surface area (Å²) >= 11 is 26.5. The van der Waals surface area contributed by atoms with Gasteiger partial charge in [-0.25, -0.2) is 4.98 Å². The number of fused-ring (bicyclic) bond motifs is 1. The Labute approximate surface area is 196 Å².